The molecule has 0 fully saturated rings. The van der Waals surface area contributed by atoms with Gasteiger partial charge < -0.3 is 10.8 Å². The van der Waals surface area contributed by atoms with E-state index in [1.54, 1.807) is 30.5 Å². The molecule has 14 heavy (non-hydrogen) atoms. The zero-order valence-corrected chi connectivity index (χ0v) is 7.27. The lowest BCUT2D eigenvalue weighted by Crippen LogP contribution is -2.12. The summed E-state index contributed by atoms with van der Waals surface area (Å²) in [5.41, 5.74) is 5.28. The van der Waals surface area contributed by atoms with Crippen molar-refractivity contribution < 1.29 is 9.90 Å². The van der Waals surface area contributed by atoms with Crippen molar-refractivity contribution in [2.24, 2.45) is 5.73 Å². The van der Waals surface area contributed by atoms with Crippen LogP contribution in [0.1, 0.15) is 10.5 Å². The topological polar surface area (TPSA) is 76.2 Å². The van der Waals surface area contributed by atoms with Crippen LogP contribution in [0.25, 0.3) is 10.8 Å². The summed E-state index contributed by atoms with van der Waals surface area (Å²) >= 11 is 0. The number of pyridine rings is 1. The molecule has 0 aliphatic carbocycles. The molecule has 0 spiro atoms. The molecular weight excluding hydrogens is 180 g/mol. The minimum absolute atomic E-state index is 0.152. The van der Waals surface area contributed by atoms with Gasteiger partial charge in [0.1, 0.15) is 11.4 Å². The number of phenols is 1. The molecule has 0 radical (unpaired) electrons. The van der Waals surface area contributed by atoms with E-state index in [0.29, 0.717) is 0 Å². The molecule has 0 aliphatic rings. The number of amides is 1. The van der Waals surface area contributed by atoms with Gasteiger partial charge in [-0.2, -0.15) is 0 Å². The van der Waals surface area contributed by atoms with Crippen molar-refractivity contribution in [2.45, 2.75) is 0 Å². The molecule has 0 saturated carbocycles. The van der Waals surface area contributed by atoms with Crippen LogP contribution >= 0.6 is 0 Å². The van der Waals surface area contributed by atoms with Crippen molar-refractivity contribution in [1.82, 2.24) is 4.98 Å². The second-order valence-electron chi connectivity index (χ2n) is 2.97. The number of aromatic hydroxyl groups is 1. The van der Waals surface area contributed by atoms with E-state index >= 15 is 0 Å². The third kappa shape index (κ3) is 1.37. The molecule has 3 N–H and O–H groups in total. The van der Waals surface area contributed by atoms with Gasteiger partial charge in [-0.15, -0.1) is 0 Å². The van der Waals surface area contributed by atoms with Gasteiger partial charge in [0.25, 0.3) is 5.91 Å². The van der Waals surface area contributed by atoms with Crippen molar-refractivity contribution >= 4 is 16.7 Å². The smallest absolute Gasteiger partial charge is 0.267 e. The number of aromatic nitrogens is 1. The average molecular weight is 188 g/mol. The lowest BCUT2D eigenvalue weighted by atomic mass is 10.1. The number of nitrogens with zero attached hydrogens (tertiary/aromatic N) is 1. The highest BCUT2D eigenvalue weighted by molar-refractivity contribution is 5.95. The van der Waals surface area contributed by atoms with Gasteiger partial charge in [0.15, 0.2) is 0 Å². The Balaban J connectivity index is 2.69. The average Bonchev–Trinajstić information content (AvgIpc) is 2.16. The Morgan fingerprint density at radius 1 is 1.29 bits per heavy atom. The standard InChI is InChI=1S/C10H8N2O2/c11-10(14)9-4-7-3-8(13)2-1-6(7)5-12-9/h1-5,13H,(H2,11,14). The number of carbonyl (C=O) groups is 1. The number of benzene rings is 1. The Hall–Kier alpha value is -2.10. The Kier molecular flexibility index (Phi) is 1.81. The number of phenolic OH excluding ortho intramolecular Hbond substituents is 1. The predicted molar refractivity (Wildman–Crippen MR) is 51.9 cm³/mol. The van der Waals surface area contributed by atoms with Crippen molar-refractivity contribution in [3.63, 3.8) is 0 Å². The number of hydrogen-bond donors (Lipinski definition) is 2. The first kappa shape index (κ1) is 8.50. The van der Waals surface area contributed by atoms with Crippen molar-refractivity contribution in [2.75, 3.05) is 0 Å². The number of hydrogen-bond acceptors (Lipinski definition) is 3. The van der Waals surface area contributed by atoms with E-state index in [0.717, 1.165) is 10.8 Å². The molecular formula is C10H8N2O2. The van der Waals surface area contributed by atoms with Crippen molar-refractivity contribution in [1.29, 1.82) is 0 Å². The summed E-state index contributed by atoms with van der Waals surface area (Å²) in [6.45, 7) is 0. The maximum absolute atomic E-state index is 10.8. The molecule has 0 unspecified atom stereocenters. The summed E-state index contributed by atoms with van der Waals surface area (Å²) < 4.78 is 0. The highest BCUT2D eigenvalue weighted by atomic mass is 16.3. The summed E-state index contributed by atoms with van der Waals surface area (Å²) in [5.74, 6) is -0.422. The molecule has 4 heteroatoms. The molecule has 1 aromatic heterocycles. The second kappa shape index (κ2) is 2.99. The van der Waals surface area contributed by atoms with Crippen molar-refractivity contribution in [3.05, 3.63) is 36.2 Å². The van der Waals surface area contributed by atoms with E-state index in [4.69, 9.17) is 5.73 Å². The fraction of sp³-hybridized carbons (Fsp3) is 0. The van der Waals surface area contributed by atoms with Crippen LogP contribution in [0.3, 0.4) is 0 Å². The summed E-state index contributed by atoms with van der Waals surface area (Å²) in [6, 6.07) is 6.40. The van der Waals surface area contributed by atoms with Gasteiger partial charge in [0.05, 0.1) is 0 Å². The number of nitrogens with two attached hydrogens (primary N) is 1. The van der Waals surface area contributed by atoms with E-state index in [9.17, 15) is 9.90 Å². The fourth-order valence-corrected chi connectivity index (χ4v) is 1.26. The highest BCUT2D eigenvalue weighted by Gasteiger charge is 2.03. The predicted octanol–water partition coefficient (Wildman–Crippen LogP) is 1.04. The van der Waals surface area contributed by atoms with Crippen LogP contribution in [0.15, 0.2) is 30.5 Å². The third-order valence-electron chi connectivity index (χ3n) is 1.96. The summed E-state index contributed by atoms with van der Waals surface area (Å²) in [5, 5.41) is 10.8. The number of rotatable bonds is 1. The molecule has 1 amide bonds. The van der Waals surface area contributed by atoms with Crippen molar-refractivity contribution in [3.8, 4) is 5.75 Å². The first-order chi connectivity index (χ1) is 6.66. The van der Waals surface area contributed by atoms with E-state index in [1.165, 1.54) is 0 Å². The molecule has 2 rings (SSSR count). The quantitative estimate of drug-likeness (QED) is 0.701. The second-order valence-corrected chi connectivity index (χ2v) is 2.97. The van der Waals surface area contributed by atoms with Crippen LogP contribution in [0, 0.1) is 0 Å². The maximum Gasteiger partial charge on any atom is 0.267 e. The van der Waals surface area contributed by atoms with E-state index < -0.39 is 5.91 Å². The van der Waals surface area contributed by atoms with E-state index in [2.05, 4.69) is 4.98 Å². The largest absolute Gasteiger partial charge is 0.508 e. The molecule has 4 nitrogen and oxygen atoms in total. The molecule has 0 aliphatic heterocycles. The third-order valence-corrected chi connectivity index (χ3v) is 1.96. The molecule has 2 aromatic rings. The minimum Gasteiger partial charge on any atom is -0.508 e. The molecule has 0 atom stereocenters. The fourth-order valence-electron chi connectivity index (χ4n) is 1.26. The van der Waals surface area contributed by atoms with Gasteiger partial charge in [-0.05, 0) is 29.7 Å². The lowest BCUT2D eigenvalue weighted by molar-refractivity contribution is 0.0996. The van der Waals surface area contributed by atoms with Crippen LogP contribution in [0.4, 0.5) is 0 Å². The Bertz CT molecular complexity index is 508. The van der Waals surface area contributed by atoms with Crippen LogP contribution in [-0.2, 0) is 0 Å². The van der Waals surface area contributed by atoms with Gasteiger partial charge >= 0.3 is 0 Å². The Morgan fingerprint density at radius 2 is 2.07 bits per heavy atom. The SMILES string of the molecule is NC(=O)c1cc2cc(O)ccc2cn1. The monoisotopic (exact) mass is 188 g/mol. The molecule has 1 heterocycles. The van der Waals surface area contributed by atoms with E-state index in [1.807, 2.05) is 0 Å². The highest BCUT2D eigenvalue weighted by Crippen LogP contribution is 2.19. The summed E-state index contributed by atoms with van der Waals surface area (Å²) in [4.78, 5) is 14.7. The van der Waals surface area contributed by atoms with Gasteiger partial charge in [-0.25, -0.2) is 0 Å². The number of fused-ring (bicyclic) bond motifs is 1. The number of carbonyl (C=O) groups excluding carboxylic acids is 1. The summed E-state index contributed by atoms with van der Waals surface area (Å²) in [7, 11) is 0. The molecule has 0 bridgehead atoms. The lowest BCUT2D eigenvalue weighted by Gasteiger charge is -1.99. The summed E-state index contributed by atoms with van der Waals surface area (Å²) in [6.07, 6.45) is 1.55. The van der Waals surface area contributed by atoms with Crippen LogP contribution in [0.2, 0.25) is 0 Å². The van der Waals surface area contributed by atoms with Gasteiger partial charge in [0, 0.05) is 11.6 Å². The molecule has 0 saturated heterocycles. The zero-order chi connectivity index (χ0) is 10.1. The van der Waals surface area contributed by atoms with E-state index in [-0.39, 0.29) is 11.4 Å². The minimum atomic E-state index is -0.574. The molecule has 70 valence electrons. The van der Waals surface area contributed by atoms with Crippen LogP contribution < -0.4 is 5.73 Å². The molecule has 1 aromatic carbocycles. The number of primary amides is 1. The Labute approximate surface area is 80.0 Å². The Morgan fingerprint density at radius 3 is 2.79 bits per heavy atom. The van der Waals surface area contributed by atoms with Gasteiger partial charge in [-0.1, -0.05) is 0 Å². The zero-order valence-electron chi connectivity index (χ0n) is 7.27. The van der Waals surface area contributed by atoms with Gasteiger partial charge in [-0.3, -0.25) is 9.78 Å². The first-order valence-corrected chi connectivity index (χ1v) is 4.05. The van der Waals surface area contributed by atoms with Crippen LogP contribution in [-0.4, -0.2) is 16.0 Å². The van der Waals surface area contributed by atoms with Crippen LogP contribution in [0.5, 0.6) is 5.75 Å². The van der Waals surface area contributed by atoms with Gasteiger partial charge in [0.2, 0.25) is 0 Å². The maximum atomic E-state index is 10.8. The normalized spacial score (nSPS) is 10.3. The first-order valence-electron chi connectivity index (χ1n) is 4.05.